The SMILES string of the molecule is COc1cc(C(=O)O)ccc1OCc1cccc(F)c1Cl. The van der Waals surface area contributed by atoms with Crippen LogP contribution in [0.2, 0.25) is 5.02 Å². The summed E-state index contributed by atoms with van der Waals surface area (Å²) in [6.07, 6.45) is 0. The van der Waals surface area contributed by atoms with Gasteiger partial charge in [0, 0.05) is 5.56 Å². The monoisotopic (exact) mass is 310 g/mol. The molecule has 0 fully saturated rings. The van der Waals surface area contributed by atoms with Crippen LogP contribution in [0.5, 0.6) is 11.5 Å². The van der Waals surface area contributed by atoms with Gasteiger partial charge in [-0.1, -0.05) is 23.7 Å². The maximum absolute atomic E-state index is 13.3. The molecule has 1 N–H and O–H groups in total. The first kappa shape index (κ1) is 15.1. The zero-order valence-electron chi connectivity index (χ0n) is 11.1. The highest BCUT2D eigenvalue weighted by molar-refractivity contribution is 6.31. The van der Waals surface area contributed by atoms with Crippen LogP contribution in [0.15, 0.2) is 36.4 Å². The largest absolute Gasteiger partial charge is 0.493 e. The third-order valence-corrected chi connectivity index (χ3v) is 3.25. The fourth-order valence-electron chi connectivity index (χ4n) is 1.74. The number of benzene rings is 2. The van der Waals surface area contributed by atoms with E-state index in [1.165, 1.54) is 37.4 Å². The number of rotatable bonds is 5. The molecule has 0 bridgehead atoms. The average Bonchev–Trinajstić information content (AvgIpc) is 2.48. The van der Waals surface area contributed by atoms with Gasteiger partial charge in [-0.3, -0.25) is 0 Å². The van der Waals surface area contributed by atoms with Crippen LogP contribution in [0, 0.1) is 5.82 Å². The van der Waals surface area contributed by atoms with E-state index < -0.39 is 11.8 Å². The average molecular weight is 311 g/mol. The molecule has 21 heavy (non-hydrogen) atoms. The molecule has 0 amide bonds. The standard InChI is InChI=1S/C15H12ClFO4/c1-20-13-7-9(15(18)19)5-6-12(13)21-8-10-3-2-4-11(17)14(10)16/h2-7H,8H2,1H3,(H,18,19). The molecule has 0 aliphatic rings. The van der Waals surface area contributed by atoms with Crippen LogP contribution >= 0.6 is 11.6 Å². The minimum atomic E-state index is -1.06. The van der Waals surface area contributed by atoms with Gasteiger partial charge in [0.1, 0.15) is 12.4 Å². The Balaban J connectivity index is 2.20. The number of hydrogen-bond acceptors (Lipinski definition) is 3. The lowest BCUT2D eigenvalue weighted by atomic mass is 10.2. The third-order valence-electron chi connectivity index (χ3n) is 2.83. The van der Waals surface area contributed by atoms with E-state index in [4.69, 9.17) is 26.2 Å². The lowest BCUT2D eigenvalue weighted by Crippen LogP contribution is -2.01. The molecule has 0 aromatic heterocycles. The molecule has 0 radical (unpaired) electrons. The van der Waals surface area contributed by atoms with E-state index in [9.17, 15) is 9.18 Å². The van der Waals surface area contributed by atoms with Crippen molar-refractivity contribution < 1.29 is 23.8 Å². The molecule has 0 unspecified atom stereocenters. The van der Waals surface area contributed by atoms with Gasteiger partial charge in [-0.2, -0.15) is 0 Å². The summed E-state index contributed by atoms with van der Waals surface area (Å²) in [6.45, 7) is 0.0410. The van der Waals surface area contributed by atoms with Crippen molar-refractivity contribution in [1.29, 1.82) is 0 Å². The van der Waals surface area contributed by atoms with Crippen LogP contribution in [0.4, 0.5) is 4.39 Å². The van der Waals surface area contributed by atoms with Gasteiger partial charge in [-0.05, 0) is 24.3 Å². The van der Waals surface area contributed by atoms with Crippen molar-refractivity contribution in [3.63, 3.8) is 0 Å². The summed E-state index contributed by atoms with van der Waals surface area (Å²) >= 11 is 5.84. The number of aromatic carboxylic acids is 1. The van der Waals surface area contributed by atoms with Crippen molar-refractivity contribution in [3.05, 3.63) is 58.4 Å². The first-order valence-electron chi connectivity index (χ1n) is 6.00. The maximum Gasteiger partial charge on any atom is 0.335 e. The fourth-order valence-corrected chi connectivity index (χ4v) is 1.92. The Hall–Kier alpha value is -2.27. The van der Waals surface area contributed by atoms with Crippen LogP contribution in [-0.2, 0) is 6.61 Å². The Labute approximate surface area is 125 Å². The van der Waals surface area contributed by atoms with Crippen molar-refractivity contribution in [2.75, 3.05) is 7.11 Å². The fraction of sp³-hybridized carbons (Fsp3) is 0.133. The summed E-state index contributed by atoms with van der Waals surface area (Å²) < 4.78 is 23.9. The molecule has 2 rings (SSSR count). The summed E-state index contributed by atoms with van der Waals surface area (Å²) in [5.41, 5.74) is 0.573. The van der Waals surface area contributed by atoms with Crippen LogP contribution in [0.3, 0.4) is 0 Å². The lowest BCUT2D eigenvalue weighted by Gasteiger charge is -2.12. The van der Waals surface area contributed by atoms with E-state index in [1.54, 1.807) is 6.07 Å². The Morgan fingerprint density at radius 3 is 2.71 bits per heavy atom. The van der Waals surface area contributed by atoms with E-state index >= 15 is 0 Å². The molecule has 2 aromatic rings. The molecule has 0 aliphatic carbocycles. The molecule has 0 aliphatic heterocycles. The number of carboxylic acids is 1. The van der Waals surface area contributed by atoms with E-state index in [1.807, 2.05) is 0 Å². The quantitative estimate of drug-likeness (QED) is 0.913. The van der Waals surface area contributed by atoms with Gasteiger partial charge in [-0.15, -0.1) is 0 Å². The number of methoxy groups -OCH3 is 1. The van der Waals surface area contributed by atoms with Gasteiger partial charge in [0.15, 0.2) is 11.5 Å². The van der Waals surface area contributed by atoms with Crippen molar-refractivity contribution in [2.24, 2.45) is 0 Å². The number of carboxylic acid groups (broad SMARTS) is 1. The lowest BCUT2D eigenvalue weighted by molar-refractivity contribution is 0.0696. The molecular weight excluding hydrogens is 299 g/mol. The number of carbonyl (C=O) groups is 1. The molecule has 6 heteroatoms. The highest BCUT2D eigenvalue weighted by atomic mass is 35.5. The predicted molar refractivity (Wildman–Crippen MR) is 75.7 cm³/mol. The Morgan fingerprint density at radius 2 is 2.05 bits per heavy atom. The number of hydrogen-bond donors (Lipinski definition) is 1. The van der Waals surface area contributed by atoms with E-state index in [0.717, 1.165) is 0 Å². The first-order valence-corrected chi connectivity index (χ1v) is 6.37. The Morgan fingerprint density at radius 1 is 1.29 bits per heavy atom. The summed E-state index contributed by atoms with van der Waals surface area (Å²) in [4.78, 5) is 10.9. The summed E-state index contributed by atoms with van der Waals surface area (Å²) in [5, 5.41) is 8.91. The summed E-state index contributed by atoms with van der Waals surface area (Å²) in [7, 11) is 1.41. The van der Waals surface area contributed by atoms with Gasteiger partial charge >= 0.3 is 5.97 Å². The number of halogens is 2. The Bertz CT molecular complexity index is 673. The normalized spacial score (nSPS) is 10.2. The van der Waals surface area contributed by atoms with Gasteiger partial charge in [0.25, 0.3) is 0 Å². The summed E-state index contributed by atoms with van der Waals surface area (Å²) in [6, 6.07) is 8.66. The third kappa shape index (κ3) is 3.44. The number of ether oxygens (including phenoxy) is 2. The minimum absolute atomic E-state index is 0.00128. The minimum Gasteiger partial charge on any atom is -0.493 e. The van der Waals surface area contributed by atoms with Crippen molar-refractivity contribution >= 4 is 17.6 Å². The molecule has 0 atom stereocenters. The van der Waals surface area contributed by atoms with E-state index in [0.29, 0.717) is 11.3 Å². The van der Waals surface area contributed by atoms with Gasteiger partial charge in [0.05, 0.1) is 17.7 Å². The van der Waals surface area contributed by atoms with Crippen molar-refractivity contribution in [2.45, 2.75) is 6.61 Å². The Kier molecular flexibility index (Phi) is 4.65. The summed E-state index contributed by atoms with van der Waals surface area (Å²) in [5.74, 6) is -0.954. The van der Waals surface area contributed by atoms with Gasteiger partial charge in [-0.25, -0.2) is 9.18 Å². The van der Waals surface area contributed by atoms with E-state index in [2.05, 4.69) is 0 Å². The highest BCUT2D eigenvalue weighted by Gasteiger charge is 2.11. The van der Waals surface area contributed by atoms with E-state index in [-0.39, 0.29) is 22.9 Å². The molecule has 0 spiro atoms. The van der Waals surface area contributed by atoms with Gasteiger partial charge < -0.3 is 14.6 Å². The van der Waals surface area contributed by atoms with Crippen LogP contribution in [-0.4, -0.2) is 18.2 Å². The molecule has 0 heterocycles. The second kappa shape index (κ2) is 6.45. The maximum atomic E-state index is 13.3. The first-order chi connectivity index (χ1) is 10.0. The smallest absolute Gasteiger partial charge is 0.335 e. The second-order valence-corrected chi connectivity index (χ2v) is 4.55. The van der Waals surface area contributed by atoms with Crippen molar-refractivity contribution in [1.82, 2.24) is 0 Å². The molecule has 4 nitrogen and oxygen atoms in total. The topological polar surface area (TPSA) is 55.8 Å². The zero-order valence-corrected chi connectivity index (χ0v) is 11.9. The van der Waals surface area contributed by atoms with Crippen LogP contribution < -0.4 is 9.47 Å². The predicted octanol–water partition coefficient (Wildman–Crippen LogP) is 3.76. The molecule has 0 saturated carbocycles. The van der Waals surface area contributed by atoms with Crippen LogP contribution in [0.1, 0.15) is 15.9 Å². The molecule has 2 aromatic carbocycles. The second-order valence-electron chi connectivity index (χ2n) is 4.17. The van der Waals surface area contributed by atoms with Crippen LogP contribution in [0.25, 0.3) is 0 Å². The van der Waals surface area contributed by atoms with Crippen molar-refractivity contribution in [3.8, 4) is 11.5 Å². The molecule has 110 valence electrons. The van der Waals surface area contributed by atoms with Gasteiger partial charge in [0.2, 0.25) is 0 Å². The molecular formula is C15H12ClFO4. The zero-order chi connectivity index (χ0) is 15.4. The highest BCUT2D eigenvalue weighted by Crippen LogP contribution is 2.30. The molecule has 0 saturated heterocycles.